The lowest BCUT2D eigenvalue weighted by Crippen LogP contribution is -2.04. The van der Waals surface area contributed by atoms with Crippen LogP contribution in [0.3, 0.4) is 0 Å². The first-order chi connectivity index (χ1) is 11.9. The lowest BCUT2D eigenvalue weighted by molar-refractivity contribution is 0.387. The average molecular weight is 374 g/mol. The van der Waals surface area contributed by atoms with E-state index in [1.165, 1.54) is 16.7 Å². The Bertz CT molecular complexity index is 843. The first kappa shape index (κ1) is 17.8. The molecule has 1 atom stereocenters. The lowest BCUT2D eigenvalue weighted by Gasteiger charge is -2.21. The van der Waals surface area contributed by atoms with Gasteiger partial charge in [0, 0.05) is 10.7 Å². The van der Waals surface area contributed by atoms with E-state index in [9.17, 15) is 0 Å². The summed E-state index contributed by atoms with van der Waals surface area (Å²) >= 11 is 7.94. The summed E-state index contributed by atoms with van der Waals surface area (Å²) in [6.07, 6.45) is 0. The van der Waals surface area contributed by atoms with Gasteiger partial charge in [-0.05, 0) is 55.7 Å². The van der Waals surface area contributed by atoms with E-state index in [2.05, 4.69) is 42.2 Å². The van der Waals surface area contributed by atoms with Gasteiger partial charge in [-0.3, -0.25) is 0 Å². The molecule has 0 aliphatic heterocycles. The molecular formula is C19H20ClN3OS. The monoisotopic (exact) mass is 373 g/mol. The van der Waals surface area contributed by atoms with Crippen LogP contribution in [0.1, 0.15) is 39.2 Å². The van der Waals surface area contributed by atoms with Crippen molar-refractivity contribution < 1.29 is 4.52 Å². The Hall–Kier alpha value is -1.98. The Morgan fingerprint density at radius 1 is 1.12 bits per heavy atom. The van der Waals surface area contributed by atoms with E-state index in [0.29, 0.717) is 22.5 Å². The second kappa shape index (κ2) is 7.50. The third-order valence-electron chi connectivity index (χ3n) is 3.99. The minimum absolute atomic E-state index is 0.0332. The van der Waals surface area contributed by atoms with Crippen molar-refractivity contribution >= 4 is 29.1 Å². The van der Waals surface area contributed by atoms with Crippen LogP contribution in [0.4, 0.5) is 5.69 Å². The number of anilines is 1. The summed E-state index contributed by atoms with van der Waals surface area (Å²) in [7, 11) is 0. The van der Waals surface area contributed by atoms with Crippen molar-refractivity contribution in [3.8, 4) is 0 Å². The van der Waals surface area contributed by atoms with Crippen LogP contribution in [0.25, 0.3) is 0 Å². The number of aromatic nitrogens is 2. The minimum atomic E-state index is 0.0332. The van der Waals surface area contributed by atoms with E-state index in [0.717, 1.165) is 11.3 Å². The maximum absolute atomic E-state index is 6.27. The fourth-order valence-corrected chi connectivity index (χ4v) is 4.14. The minimum Gasteiger partial charge on any atom is -0.398 e. The Morgan fingerprint density at radius 2 is 1.92 bits per heavy atom. The molecular weight excluding hydrogens is 354 g/mol. The predicted octanol–water partition coefficient (Wildman–Crippen LogP) is 5.25. The summed E-state index contributed by atoms with van der Waals surface area (Å²) in [5.74, 6) is 1.85. The Labute approximate surface area is 156 Å². The number of aryl methyl sites for hydroxylation is 3. The normalized spacial score (nSPS) is 12.3. The van der Waals surface area contributed by atoms with E-state index >= 15 is 0 Å². The van der Waals surface area contributed by atoms with Crippen LogP contribution in [0.15, 0.2) is 40.9 Å². The van der Waals surface area contributed by atoms with Crippen molar-refractivity contribution in [3.05, 3.63) is 75.4 Å². The highest BCUT2D eigenvalue weighted by Gasteiger charge is 2.21. The summed E-state index contributed by atoms with van der Waals surface area (Å²) in [5.41, 5.74) is 11.6. The number of halogens is 1. The maximum atomic E-state index is 6.27. The molecule has 4 nitrogen and oxygen atoms in total. The molecule has 0 saturated carbocycles. The van der Waals surface area contributed by atoms with Gasteiger partial charge in [0.25, 0.3) is 0 Å². The fraction of sp³-hybridized carbons (Fsp3) is 0.263. The number of hydrogen-bond acceptors (Lipinski definition) is 5. The van der Waals surface area contributed by atoms with Gasteiger partial charge in [0.05, 0.1) is 11.0 Å². The first-order valence-electron chi connectivity index (χ1n) is 7.97. The molecule has 0 saturated heterocycles. The second-order valence-electron chi connectivity index (χ2n) is 6.06. The number of nitrogens with two attached hydrogens (primary N) is 1. The molecule has 3 rings (SSSR count). The summed E-state index contributed by atoms with van der Waals surface area (Å²) < 4.78 is 5.26. The Balaban J connectivity index is 2.01. The van der Waals surface area contributed by atoms with Crippen molar-refractivity contribution in [1.29, 1.82) is 0 Å². The van der Waals surface area contributed by atoms with Crippen LogP contribution in [-0.4, -0.2) is 10.1 Å². The van der Waals surface area contributed by atoms with Crippen LogP contribution >= 0.6 is 23.4 Å². The van der Waals surface area contributed by atoms with Crippen LogP contribution in [0, 0.1) is 20.8 Å². The highest BCUT2D eigenvalue weighted by molar-refractivity contribution is 7.98. The molecule has 0 aliphatic carbocycles. The topological polar surface area (TPSA) is 64.9 Å². The third kappa shape index (κ3) is 4.17. The summed E-state index contributed by atoms with van der Waals surface area (Å²) in [5, 5.41) is 4.57. The highest BCUT2D eigenvalue weighted by Crippen LogP contribution is 2.42. The molecule has 2 aromatic carbocycles. The van der Waals surface area contributed by atoms with Crippen molar-refractivity contribution in [2.24, 2.45) is 0 Å². The molecule has 130 valence electrons. The van der Waals surface area contributed by atoms with E-state index in [4.69, 9.17) is 21.9 Å². The van der Waals surface area contributed by atoms with E-state index in [1.54, 1.807) is 11.8 Å². The van der Waals surface area contributed by atoms with Crippen molar-refractivity contribution in [2.45, 2.75) is 31.8 Å². The number of rotatable bonds is 5. The number of thioether (sulfide) groups is 1. The van der Waals surface area contributed by atoms with Crippen LogP contribution in [-0.2, 0) is 5.75 Å². The molecule has 0 bridgehead atoms. The summed E-state index contributed by atoms with van der Waals surface area (Å²) in [6.45, 7) is 6.02. The van der Waals surface area contributed by atoms with Gasteiger partial charge in [0.15, 0.2) is 5.82 Å². The zero-order valence-electron chi connectivity index (χ0n) is 14.4. The van der Waals surface area contributed by atoms with Gasteiger partial charge in [-0.25, -0.2) is 0 Å². The molecule has 6 heteroatoms. The van der Waals surface area contributed by atoms with Gasteiger partial charge >= 0.3 is 0 Å². The molecule has 0 radical (unpaired) electrons. The quantitative estimate of drug-likeness (QED) is 0.618. The highest BCUT2D eigenvalue weighted by atomic mass is 35.5. The zero-order valence-corrected chi connectivity index (χ0v) is 16.0. The van der Waals surface area contributed by atoms with Gasteiger partial charge < -0.3 is 10.3 Å². The molecule has 25 heavy (non-hydrogen) atoms. The van der Waals surface area contributed by atoms with E-state index < -0.39 is 0 Å². The molecule has 0 amide bonds. The zero-order chi connectivity index (χ0) is 18.0. The third-order valence-corrected chi connectivity index (χ3v) is 5.48. The van der Waals surface area contributed by atoms with Crippen molar-refractivity contribution in [1.82, 2.24) is 10.1 Å². The molecule has 3 aromatic rings. The molecule has 2 N–H and O–H groups in total. The molecule has 0 spiro atoms. The van der Waals surface area contributed by atoms with Gasteiger partial charge in [-0.1, -0.05) is 40.5 Å². The summed E-state index contributed by atoms with van der Waals surface area (Å²) in [4.78, 5) is 4.29. The number of nitrogen functional groups attached to an aromatic ring is 1. The number of hydrogen-bond donors (Lipinski definition) is 1. The molecule has 0 aliphatic rings. The molecule has 1 heterocycles. The number of nitrogens with zero attached hydrogens (tertiary/aromatic N) is 2. The van der Waals surface area contributed by atoms with E-state index in [1.807, 2.05) is 25.1 Å². The predicted molar refractivity (Wildman–Crippen MR) is 104 cm³/mol. The lowest BCUT2D eigenvalue weighted by atomic mass is 9.97. The van der Waals surface area contributed by atoms with Gasteiger partial charge in [0.1, 0.15) is 0 Å². The largest absolute Gasteiger partial charge is 0.398 e. The van der Waals surface area contributed by atoms with Crippen molar-refractivity contribution in [3.63, 3.8) is 0 Å². The summed E-state index contributed by atoms with van der Waals surface area (Å²) in [6, 6.07) is 12.1. The smallest absolute Gasteiger partial charge is 0.236 e. The van der Waals surface area contributed by atoms with Crippen LogP contribution in [0.2, 0.25) is 5.02 Å². The molecule has 1 unspecified atom stereocenters. The standard InChI is InChI=1S/C19H20ClN3OS/c1-11-4-5-12(2)15(8-11)19(16-9-14(20)6-7-17(16)21)25-10-18-22-13(3)23-24-18/h4-9,19H,10,21H2,1-3H3. The SMILES string of the molecule is Cc1ccc(C)c(C(SCc2nc(C)no2)c2cc(Cl)ccc2N)c1. The van der Waals surface area contributed by atoms with Gasteiger partial charge in [-0.15, -0.1) is 11.8 Å². The Kier molecular flexibility index (Phi) is 5.35. The number of benzene rings is 2. The first-order valence-corrected chi connectivity index (χ1v) is 9.39. The Morgan fingerprint density at radius 3 is 2.64 bits per heavy atom. The second-order valence-corrected chi connectivity index (χ2v) is 7.59. The maximum Gasteiger partial charge on any atom is 0.236 e. The average Bonchev–Trinajstić information content (AvgIpc) is 2.99. The van der Waals surface area contributed by atoms with Crippen LogP contribution in [0.5, 0.6) is 0 Å². The van der Waals surface area contributed by atoms with Crippen LogP contribution < -0.4 is 5.73 Å². The van der Waals surface area contributed by atoms with E-state index in [-0.39, 0.29) is 5.25 Å². The molecule has 0 fully saturated rings. The van der Waals surface area contributed by atoms with Crippen molar-refractivity contribution in [2.75, 3.05) is 5.73 Å². The van der Waals surface area contributed by atoms with Gasteiger partial charge in [-0.2, -0.15) is 4.98 Å². The molecule has 1 aromatic heterocycles. The van der Waals surface area contributed by atoms with Gasteiger partial charge in [0.2, 0.25) is 5.89 Å². The fourth-order valence-electron chi connectivity index (χ4n) is 2.72.